The summed E-state index contributed by atoms with van der Waals surface area (Å²) >= 11 is 0. The zero-order chi connectivity index (χ0) is 13.5. The molecular weight excluding hydrogens is 258 g/mol. The van der Waals surface area contributed by atoms with Gasteiger partial charge in [-0.05, 0) is 12.1 Å². The normalized spacial score (nSPS) is 16.8. The average Bonchev–Trinajstić information content (AvgIpc) is 2.33. The van der Waals surface area contributed by atoms with Crippen LogP contribution in [0.3, 0.4) is 0 Å². The van der Waals surface area contributed by atoms with E-state index in [0.29, 0.717) is 5.75 Å². The predicted octanol–water partition coefficient (Wildman–Crippen LogP) is 0.803. The molecule has 7 heteroatoms. The van der Waals surface area contributed by atoms with E-state index in [1.54, 1.807) is 0 Å². The van der Waals surface area contributed by atoms with E-state index in [1.807, 2.05) is 4.72 Å². The van der Waals surface area contributed by atoms with Crippen molar-refractivity contribution in [2.45, 2.75) is 11.8 Å². The molecule has 1 aromatic rings. The Morgan fingerprint density at radius 3 is 2.61 bits per heavy atom. The molecule has 2 rings (SSSR count). The monoisotopic (exact) mass is 269 g/mol. The summed E-state index contributed by atoms with van der Waals surface area (Å²) in [5.74, 6) is -0.592. The molecule has 6 nitrogen and oxygen atoms in total. The second-order valence-corrected chi connectivity index (χ2v) is 5.40. The van der Waals surface area contributed by atoms with Gasteiger partial charge in [0.25, 0.3) is 10.0 Å². The number of carbonyl (C=O) groups is 1. The maximum Gasteiger partial charge on any atom is 0.262 e. The molecule has 0 bridgehead atoms. The molecular formula is C11H11NO5S. The van der Waals surface area contributed by atoms with Crippen LogP contribution < -0.4 is 9.46 Å². The van der Waals surface area contributed by atoms with Crippen molar-refractivity contribution in [1.82, 2.24) is 4.72 Å². The van der Waals surface area contributed by atoms with Crippen LogP contribution in [0.15, 0.2) is 28.8 Å². The van der Waals surface area contributed by atoms with E-state index in [0.717, 1.165) is 0 Å². The molecule has 0 saturated heterocycles. The SMILES string of the molecule is COc1ccc2c(c1)S(=O)(=O)NC(C(C)=O)=C2O. The quantitative estimate of drug-likeness (QED) is 0.828. The van der Waals surface area contributed by atoms with Gasteiger partial charge in [0.2, 0.25) is 0 Å². The summed E-state index contributed by atoms with van der Waals surface area (Å²) in [6, 6.07) is 4.18. The molecule has 0 saturated carbocycles. The number of Topliss-reactive ketones (excluding diaryl/α,β-unsaturated/α-hetero) is 1. The lowest BCUT2D eigenvalue weighted by molar-refractivity contribution is -0.113. The van der Waals surface area contributed by atoms with E-state index in [4.69, 9.17) is 4.74 Å². The zero-order valence-corrected chi connectivity index (χ0v) is 10.5. The number of aliphatic hydroxyl groups is 1. The van der Waals surface area contributed by atoms with Gasteiger partial charge in [-0.3, -0.25) is 9.52 Å². The summed E-state index contributed by atoms with van der Waals surface area (Å²) in [4.78, 5) is 11.1. The van der Waals surface area contributed by atoms with Gasteiger partial charge >= 0.3 is 0 Å². The lowest BCUT2D eigenvalue weighted by atomic mass is 10.1. The number of hydrogen-bond acceptors (Lipinski definition) is 5. The minimum Gasteiger partial charge on any atom is -0.505 e. The summed E-state index contributed by atoms with van der Waals surface area (Å²) in [5.41, 5.74) is -0.243. The number of aliphatic hydroxyl groups excluding tert-OH is 1. The molecule has 0 amide bonds. The Morgan fingerprint density at radius 2 is 2.06 bits per heavy atom. The minimum absolute atomic E-state index is 0.0831. The van der Waals surface area contributed by atoms with Crippen molar-refractivity contribution in [3.63, 3.8) is 0 Å². The summed E-state index contributed by atoms with van der Waals surface area (Å²) in [6.07, 6.45) is 0. The molecule has 2 N–H and O–H groups in total. The van der Waals surface area contributed by atoms with Crippen molar-refractivity contribution in [1.29, 1.82) is 0 Å². The lowest BCUT2D eigenvalue weighted by Gasteiger charge is -2.20. The number of hydrogen-bond donors (Lipinski definition) is 2. The highest BCUT2D eigenvalue weighted by molar-refractivity contribution is 7.89. The Balaban J connectivity index is 2.76. The number of rotatable bonds is 2. The van der Waals surface area contributed by atoms with Crippen LogP contribution in [0.5, 0.6) is 5.75 Å². The van der Waals surface area contributed by atoms with Crippen molar-refractivity contribution in [3.8, 4) is 5.75 Å². The Labute approximate surface area is 104 Å². The van der Waals surface area contributed by atoms with Crippen LogP contribution in [0.1, 0.15) is 12.5 Å². The van der Waals surface area contributed by atoms with Crippen molar-refractivity contribution < 1.29 is 23.1 Å². The van der Waals surface area contributed by atoms with Crippen molar-refractivity contribution >= 4 is 21.6 Å². The number of benzene rings is 1. The van der Waals surface area contributed by atoms with Gasteiger partial charge in [0, 0.05) is 18.6 Å². The van der Waals surface area contributed by atoms with Crippen LogP contribution in [-0.4, -0.2) is 26.4 Å². The molecule has 0 spiro atoms. The second kappa shape index (κ2) is 4.02. The van der Waals surface area contributed by atoms with Crippen LogP contribution in [0.4, 0.5) is 0 Å². The van der Waals surface area contributed by atoms with Crippen LogP contribution in [0.25, 0.3) is 5.76 Å². The maximum atomic E-state index is 11.9. The Hall–Kier alpha value is -2.02. The van der Waals surface area contributed by atoms with E-state index in [2.05, 4.69) is 0 Å². The topological polar surface area (TPSA) is 92.7 Å². The first-order valence-corrected chi connectivity index (χ1v) is 6.50. The van der Waals surface area contributed by atoms with E-state index in [1.165, 1.54) is 32.2 Å². The van der Waals surface area contributed by atoms with Crippen LogP contribution >= 0.6 is 0 Å². The van der Waals surface area contributed by atoms with E-state index in [9.17, 15) is 18.3 Å². The number of ketones is 1. The molecule has 0 fully saturated rings. The van der Waals surface area contributed by atoms with Crippen LogP contribution in [0, 0.1) is 0 Å². The third-order valence-electron chi connectivity index (χ3n) is 2.56. The van der Waals surface area contributed by atoms with Gasteiger partial charge in [-0.15, -0.1) is 0 Å². The standard InChI is InChI=1S/C11H11NO5S/c1-6(13)10-11(14)8-4-3-7(17-2)5-9(8)18(15,16)12-10/h3-5,12,14H,1-2H3. The van der Waals surface area contributed by atoms with Gasteiger partial charge < -0.3 is 9.84 Å². The number of methoxy groups -OCH3 is 1. The number of fused-ring (bicyclic) bond motifs is 1. The number of nitrogens with one attached hydrogen (secondary N) is 1. The molecule has 1 aliphatic heterocycles. The molecule has 1 heterocycles. The highest BCUT2D eigenvalue weighted by atomic mass is 32.2. The van der Waals surface area contributed by atoms with Gasteiger partial charge in [-0.2, -0.15) is 0 Å². The second-order valence-electron chi connectivity index (χ2n) is 3.75. The third kappa shape index (κ3) is 1.82. The highest BCUT2D eigenvalue weighted by Gasteiger charge is 2.31. The zero-order valence-electron chi connectivity index (χ0n) is 9.72. The Bertz CT molecular complexity index is 660. The van der Waals surface area contributed by atoms with E-state index >= 15 is 0 Å². The summed E-state index contributed by atoms with van der Waals surface area (Å²) < 4.78 is 30.8. The van der Waals surface area contributed by atoms with Crippen LogP contribution in [-0.2, 0) is 14.8 Å². The first-order valence-electron chi connectivity index (χ1n) is 5.02. The minimum atomic E-state index is -3.87. The summed E-state index contributed by atoms with van der Waals surface area (Å²) in [5, 5.41) is 9.88. The van der Waals surface area contributed by atoms with Crippen molar-refractivity contribution in [2.24, 2.45) is 0 Å². The van der Waals surface area contributed by atoms with Crippen molar-refractivity contribution in [3.05, 3.63) is 29.5 Å². The lowest BCUT2D eigenvalue weighted by Crippen LogP contribution is -2.32. The number of allylic oxidation sites excluding steroid dienone is 1. The fourth-order valence-electron chi connectivity index (χ4n) is 1.66. The van der Waals surface area contributed by atoms with Gasteiger partial charge in [-0.1, -0.05) is 0 Å². The molecule has 0 radical (unpaired) electrons. The molecule has 96 valence electrons. The Kier molecular flexibility index (Phi) is 2.78. The summed E-state index contributed by atoms with van der Waals surface area (Å²) in [7, 11) is -2.47. The first kappa shape index (κ1) is 12.4. The smallest absolute Gasteiger partial charge is 0.262 e. The average molecular weight is 269 g/mol. The highest BCUT2D eigenvalue weighted by Crippen LogP contribution is 2.31. The van der Waals surface area contributed by atoms with E-state index in [-0.39, 0.29) is 21.9 Å². The number of sulfonamides is 1. The van der Waals surface area contributed by atoms with Gasteiger partial charge in [-0.25, -0.2) is 8.42 Å². The van der Waals surface area contributed by atoms with Gasteiger partial charge in [0.05, 0.1) is 7.11 Å². The molecule has 0 aliphatic carbocycles. The number of ether oxygens (including phenoxy) is 1. The molecule has 1 aromatic carbocycles. The van der Waals surface area contributed by atoms with Gasteiger partial charge in [0.15, 0.2) is 11.5 Å². The fourth-order valence-corrected chi connectivity index (χ4v) is 3.00. The largest absolute Gasteiger partial charge is 0.505 e. The van der Waals surface area contributed by atoms with E-state index < -0.39 is 15.8 Å². The van der Waals surface area contributed by atoms with Crippen LogP contribution in [0.2, 0.25) is 0 Å². The number of carbonyl (C=O) groups excluding carboxylic acids is 1. The molecule has 18 heavy (non-hydrogen) atoms. The maximum absolute atomic E-state index is 11.9. The molecule has 0 atom stereocenters. The van der Waals surface area contributed by atoms with Gasteiger partial charge in [0.1, 0.15) is 16.3 Å². The Morgan fingerprint density at radius 1 is 1.39 bits per heavy atom. The predicted molar refractivity (Wildman–Crippen MR) is 63.5 cm³/mol. The fraction of sp³-hybridized carbons (Fsp3) is 0.182. The van der Waals surface area contributed by atoms with Crippen molar-refractivity contribution in [2.75, 3.05) is 7.11 Å². The molecule has 0 aromatic heterocycles. The third-order valence-corrected chi connectivity index (χ3v) is 3.95. The molecule has 1 aliphatic rings. The molecule has 0 unspecified atom stereocenters. The first-order chi connectivity index (χ1) is 8.36. The summed E-state index contributed by atoms with van der Waals surface area (Å²) in [6.45, 7) is 1.17.